The number of piperazine rings is 1. The quantitative estimate of drug-likeness (QED) is 0.548. The lowest BCUT2D eigenvalue weighted by molar-refractivity contribution is -0.137. The fourth-order valence-corrected chi connectivity index (χ4v) is 3.39. The van der Waals surface area contributed by atoms with Crippen LogP contribution in [0.4, 0.5) is 24.8 Å². The lowest BCUT2D eigenvalue weighted by atomic mass is 10.2. The molecule has 0 saturated carbocycles. The predicted octanol–water partition coefficient (Wildman–Crippen LogP) is 1.99. The number of hydrogen-bond acceptors (Lipinski definition) is 7. The molecule has 1 aliphatic rings. The lowest BCUT2D eigenvalue weighted by Gasteiger charge is -2.35. The smallest absolute Gasteiger partial charge is 0.354 e. The van der Waals surface area contributed by atoms with Crippen LogP contribution in [0.15, 0.2) is 30.9 Å². The zero-order valence-electron chi connectivity index (χ0n) is 16.6. The number of halogens is 3. The van der Waals surface area contributed by atoms with E-state index in [1.54, 1.807) is 6.20 Å². The molecule has 0 aromatic carbocycles. The van der Waals surface area contributed by atoms with Crippen molar-refractivity contribution < 1.29 is 18.0 Å². The topological polar surface area (TPSA) is 130 Å². The van der Waals surface area contributed by atoms with Crippen molar-refractivity contribution in [3.8, 4) is 6.07 Å². The zero-order valence-corrected chi connectivity index (χ0v) is 16.6. The highest BCUT2D eigenvalue weighted by molar-refractivity contribution is 6.03. The number of anilines is 2. The molecule has 1 fully saturated rings. The van der Waals surface area contributed by atoms with Crippen LogP contribution >= 0.6 is 0 Å². The fourth-order valence-electron chi connectivity index (χ4n) is 3.39. The van der Waals surface area contributed by atoms with Gasteiger partial charge in [-0.05, 0) is 12.1 Å². The summed E-state index contributed by atoms with van der Waals surface area (Å²) in [5.41, 5.74) is 0.316. The van der Waals surface area contributed by atoms with Gasteiger partial charge in [0.25, 0.3) is 5.91 Å². The summed E-state index contributed by atoms with van der Waals surface area (Å²) in [4.78, 5) is 27.1. The number of amides is 1. The second kappa shape index (κ2) is 8.67. The van der Waals surface area contributed by atoms with E-state index in [0.717, 1.165) is 12.3 Å². The summed E-state index contributed by atoms with van der Waals surface area (Å²) >= 11 is 0. The number of imidazole rings is 1. The highest BCUT2D eigenvalue weighted by atomic mass is 19.4. The molecule has 13 heteroatoms. The van der Waals surface area contributed by atoms with Gasteiger partial charge in [-0.2, -0.15) is 23.5 Å². The van der Waals surface area contributed by atoms with Crippen LogP contribution in [0.2, 0.25) is 0 Å². The van der Waals surface area contributed by atoms with Crippen molar-refractivity contribution in [3.63, 3.8) is 0 Å². The minimum Gasteiger partial charge on any atom is -0.354 e. The standard InChI is InChI=1S/C19H18F3N9O/c20-19(21,22)13-1-2-15(24-9-13)31-5-3-30(4-6-31)10-12-8-27-29-16(12)18(32)28-17-14(7-23)25-11-26-17/h1-2,8-9,11H,3-6,10H2,(H,25,26)(H,27,29)(H,28,32). The van der Waals surface area contributed by atoms with Crippen LogP contribution in [0.3, 0.4) is 0 Å². The maximum Gasteiger partial charge on any atom is 0.417 e. The monoisotopic (exact) mass is 445 g/mol. The number of H-pyrrole nitrogens is 2. The first-order valence-electron chi connectivity index (χ1n) is 9.63. The summed E-state index contributed by atoms with van der Waals surface area (Å²) in [6.07, 6.45) is -0.692. The van der Waals surface area contributed by atoms with Crippen molar-refractivity contribution in [2.75, 3.05) is 36.4 Å². The van der Waals surface area contributed by atoms with Crippen LogP contribution in [0, 0.1) is 11.3 Å². The summed E-state index contributed by atoms with van der Waals surface area (Å²) in [6.45, 7) is 2.88. The van der Waals surface area contributed by atoms with Crippen LogP contribution in [-0.2, 0) is 12.7 Å². The van der Waals surface area contributed by atoms with Crippen LogP contribution in [-0.4, -0.2) is 62.1 Å². The molecule has 0 atom stereocenters. The molecule has 1 aliphatic heterocycles. The van der Waals surface area contributed by atoms with Gasteiger partial charge >= 0.3 is 6.18 Å². The Morgan fingerprint density at radius 3 is 2.62 bits per heavy atom. The van der Waals surface area contributed by atoms with E-state index in [4.69, 9.17) is 5.26 Å². The van der Waals surface area contributed by atoms with E-state index >= 15 is 0 Å². The number of hydrogen-bond donors (Lipinski definition) is 3. The first kappa shape index (κ1) is 21.3. The lowest BCUT2D eigenvalue weighted by Crippen LogP contribution is -2.46. The summed E-state index contributed by atoms with van der Waals surface area (Å²) < 4.78 is 38.1. The molecule has 10 nitrogen and oxygen atoms in total. The Labute approximate surface area is 180 Å². The Morgan fingerprint density at radius 2 is 1.97 bits per heavy atom. The van der Waals surface area contributed by atoms with Gasteiger partial charge in [0.05, 0.1) is 18.1 Å². The molecule has 1 saturated heterocycles. The van der Waals surface area contributed by atoms with Gasteiger partial charge in [0, 0.05) is 44.5 Å². The van der Waals surface area contributed by atoms with Crippen molar-refractivity contribution >= 4 is 17.5 Å². The number of aromatic amines is 2. The van der Waals surface area contributed by atoms with Crippen LogP contribution in [0.25, 0.3) is 0 Å². The predicted molar refractivity (Wildman–Crippen MR) is 107 cm³/mol. The third kappa shape index (κ3) is 4.54. The van der Waals surface area contributed by atoms with Gasteiger partial charge in [0.15, 0.2) is 11.5 Å². The third-order valence-electron chi connectivity index (χ3n) is 5.09. The number of pyridine rings is 1. The Balaban J connectivity index is 1.35. The average molecular weight is 445 g/mol. The second-order valence-electron chi connectivity index (χ2n) is 7.13. The Morgan fingerprint density at radius 1 is 1.19 bits per heavy atom. The number of nitriles is 1. The number of rotatable bonds is 5. The van der Waals surface area contributed by atoms with E-state index in [2.05, 4.69) is 35.4 Å². The maximum atomic E-state index is 12.7. The molecule has 166 valence electrons. The van der Waals surface area contributed by atoms with E-state index in [-0.39, 0.29) is 17.2 Å². The molecule has 0 radical (unpaired) electrons. The normalized spacial score (nSPS) is 14.9. The Bertz CT molecular complexity index is 1120. The highest BCUT2D eigenvalue weighted by Gasteiger charge is 2.31. The van der Waals surface area contributed by atoms with E-state index in [0.29, 0.717) is 44.1 Å². The first-order valence-corrected chi connectivity index (χ1v) is 9.63. The highest BCUT2D eigenvalue weighted by Crippen LogP contribution is 2.29. The molecule has 3 aromatic heterocycles. The summed E-state index contributed by atoms with van der Waals surface area (Å²) in [5, 5.41) is 18.2. The summed E-state index contributed by atoms with van der Waals surface area (Å²) in [7, 11) is 0. The number of alkyl halides is 3. The number of aromatic nitrogens is 5. The number of carbonyl (C=O) groups excluding carboxylic acids is 1. The van der Waals surface area contributed by atoms with E-state index < -0.39 is 17.6 Å². The van der Waals surface area contributed by atoms with Crippen LogP contribution in [0.5, 0.6) is 0 Å². The van der Waals surface area contributed by atoms with Gasteiger partial charge in [-0.25, -0.2) is 9.97 Å². The first-order chi connectivity index (χ1) is 15.3. The van der Waals surface area contributed by atoms with E-state index in [1.807, 2.05) is 11.0 Å². The van der Waals surface area contributed by atoms with Crippen molar-refractivity contribution in [2.24, 2.45) is 0 Å². The Kier molecular flexibility index (Phi) is 5.78. The number of carbonyl (C=O) groups is 1. The second-order valence-corrected chi connectivity index (χ2v) is 7.13. The average Bonchev–Trinajstić information content (AvgIpc) is 3.43. The Hall–Kier alpha value is -3.92. The molecule has 4 rings (SSSR count). The van der Waals surface area contributed by atoms with Crippen LogP contribution in [0.1, 0.15) is 27.3 Å². The molecule has 1 amide bonds. The van der Waals surface area contributed by atoms with Crippen molar-refractivity contribution in [3.05, 3.63) is 53.4 Å². The van der Waals surface area contributed by atoms with Gasteiger partial charge in [0.1, 0.15) is 17.6 Å². The summed E-state index contributed by atoms with van der Waals surface area (Å²) in [5.74, 6) is 0.165. The van der Waals surface area contributed by atoms with Crippen molar-refractivity contribution in [1.82, 2.24) is 30.0 Å². The van der Waals surface area contributed by atoms with Crippen LogP contribution < -0.4 is 10.2 Å². The molecule has 0 aliphatic carbocycles. The summed E-state index contributed by atoms with van der Waals surface area (Å²) in [6, 6.07) is 4.31. The SMILES string of the molecule is N#Cc1[nH]cnc1NC(=O)c1[nH]ncc1CN1CCN(c2ccc(C(F)(F)F)cn2)CC1. The van der Waals surface area contributed by atoms with Gasteiger partial charge in [-0.15, -0.1) is 0 Å². The van der Waals surface area contributed by atoms with Gasteiger partial charge in [-0.1, -0.05) is 0 Å². The molecule has 0 unspecified atom stereocenters. The molecule has 0 bridgehead atoms. The third-order valence-corrected chi connectivity index (χ3v) is 5.09. The van der Waals surface area contributed by atoms with Gasteiger partial charge < -0.3 is 15.2 Å². The molecule has 0 spiro atoms. The molecular formula is C19H18F3N9O. The minimum absolute atomic E-state index is 0.135. The number of nitrogens with zero attached hydrogens (tertiary/aromatic N) is 6. The van der Waals surface area contributed by atoms with E-state index in [9.17, 15) is 18.0 Å². The largest absolute Gasteiger partial charge is 0.417 e. The van der Waals surface area contributed by atoms with E-state index in [1.165, 1.54) is 12.4 Å². The molecule has 32 heavy (non-hydrogen) atoms. The molecular weight excluding hydrogens is 427 g/mol. The van der Waals surface area contributed by atoms with Crippen molar-refractivity contribution in [2.45, 2.75) is 12.7 Å². The molecule has 3 N–H and O–H groups in total. The van der Waals surface area contributed by atoms with Gasteiger partial charge in [-0.3, -0.25) is 14.8 Å². The maximum absolute atomic E-state index is 12.7. The van der Waals surface area contributed by atoms with Gasteiger partial charge in [0.2, 0.25) is 0 Å². The minimum atomic E-state index is -4.41. The molecule has 3 aromatic rings. The van der Waals surface area contributed by atoms with Crippen molar-refractivity contribution in [1.29, 1.82) is 5.26 Å². The fraction of sp³-hybridized carbons (Fsp3) is 0.316. The number of nitrogens with one attached hydrogen (secondary N) is 3. The zero-order chi connectivity index (χ0) is 22.7. The molecule has 4 heterocycles.